The lowest BCUT2D eigenvalue weighted by Crippen LogP contribution is -2.34. The van der Waals surface area contributed by atoms with Crippen molar-refractivity contribution in [2.24, 2.45) is 5.41 Å². The molecule has 3 heterocycles. The van der Waals surface area contributed by atoms with E-state index in [1.807, 2.05) is 0 Å². The molecule has 6 aromatic rings. The number of likely N-dealkylation sites (N-methyl/N-ethyl adjacent to an activating group) is 1. The Bertz CT molecular complexity index is 2990. The van der Waals surface area contributed by atoms with E-state index < -0.39 is 0 Å². The molecule has 9 rings (SSSR count). The van der Waals surface area contributed by atoms with Crippen LogP contribution < -0.4 is 9.47 Å². The first-order valence-electron chi connectivity index (χ1n) is 24.5. The van der Waals surface area contributed by atoms with Gasteiger partial charge in [-0.1, -0.05) is 140 Å². The van der Waals surface area contributed by atoms with E-state index in [4.69, 9.17) is 4.74 Å². The van der Waals surface area contributed by atoms with E-state index in [0.717, 1.165) is 38.2 Å². The van der Waals surface area contributed by atoms with Crippen molar-refractivity contribution in [3.63, 3.8) is 0 Å². The predicted molar refractivity (Wildman–Crippen MR) is 278 cm³/mol. The zero-order chi connectivity index (χ0) is 46.8. The highest BCUT2D eigenvalue weighted by Crippen LogP contribution is 2.51. The third-order valence-electron chi connectivity index (χ3n) is 14.7. The summed E-state index contributed by atoms with van der Waals surface area (Å²) in [6, 6.07) is 40.6. The Morgan fingerprint density at radius 3 is 1.94 bits per heavy atom. The molecule has 5 aromatic carbocycles. The van der Waals surface area contributed by atoms with Gasteiger partial charge >= 0.3 is 0 Å². The number of aromatic nitrogens is 1. The molecule has 66 heavy (non-hydrogen) atoms. The molecule has 0 radical (unpaired) electrons. The Balaban J connectivity index is 1.11. The topological polar surface area (TPSA) is 19.4 Å². The lowest BCUT2D eigenvalue weighted by Gasteiger charge is -2.32. The molecular weight excluding hydrogens is 803 g/mol. The lowest BCUT2D eigenvalue weighted by atomic mass is 9.79. The number of allylic oxidation sites excluding steroid dienone is 7. The van der Waals surface area contributed by atoms with Crippen LogP contribution >= 0.6 is 0 Å². The predicted octanol–water partition coefficient (Wildman–Crippen LogP) is 15.1. The van der Waals surface area contributed by atoms with Gasteiger partial charge in [0.1, 0.15) is 18.4 Å². The van der Waals surface area contributed by atoms with Gasteiger partial charge in [0.15, 0.2) is 24.7 Å². The second-order valence-electron chi connectivity index (χ2n) is 22.0. The molecule has 0 saturated carbocycles. The third kappa shape index (κ3) is 8.05. The molecule has 2 aliphatic heterocycles. The van der Waals surface area contributed by atoms with Gasteiger partial charge in [0.25, 0.3) is 0 Å². The van der Waals surface area contributed by atoms with Crippen LogP contribution in [0.4, 0.5) is 11.4 Å². The molecular formula is C62H71N3O+2. The van der Waals surface area contributed by atoms with Gasteiger partial charge in [0.2, 0.25) is 5.69 Å². The van der Waals surface area contributed by atoms with Crippen molar-refractivity contribution in [2.45, 2.75) is 125 Å². The molecule has 4 nitrogen and oxygen atoms in total. The Morgan fingerprint density at radius 1 is 0.682 bits per heavy atom. The number of ether oxygens (including phenoxy) is 1. The minimum Gasteiger partial charge on any atom is -0.485 e. The van der Waals surface area contributed by atoms with Gasteiger partial charge < -0.3 is 9.64 Å². The summed E-state index contributed by atoms with van der Waals surface area (Å²) in [7, 11) is 0. The molecule has 1 atom stereocenters. The highest BCUT2D eigenvalue weighted by Gasteiger charge is 2.45. The fraction of sp³-hybridized carbons (Fsp3) is 0.355. The van der Waals surface area contributed by atoms with Crippen molar-refractivity contribution >= 4 is 38.6 Å². The first-order chi connectivity index (χ1) is 31.4. The Morgan fingerprint density at radius 2 is 1.32 bits per heavy atom. The summed E-state index contributed by atoms with van der Waals surface area (Å²) >= 11 is 0. The minimum absolute atomic E-state index is 0.138. The smallest absolute Gasteiger partial charge is 0.210 e. The number of anilines is 1. The van der Waals surface area contributed by atoms with Crippen LogP contribution in [0.5, 0.6) is 0 Å². The van der Waals surface area contributed by atoms with Crippen LogP contribution in [0.15, 0.2) is 168 Å². The molecule has 4 heteroatoms. The Labute approximate surface area is 395 Å². The lowest BCUT2D eigenvalue weighted by molar-refractivity contribution is -0.688. The van der Waals surface area contributed by atoms with E-state index >= 15 is 0 Å². The monoisotopic (exact) mass is 874 g/mol. The van der Waals surface area contributed by atoms with Gasteiger partial charge in [-0.3, -0.25) is 0 Å². The summed E-state index contributed by atoms with van der Waals surface area (Å²) in [4.78, 5) is 2.52. The molecule has 3 aliphatic rings. The molecule has 1 aliphatic carbocycles. The fourth-order valence-corrected chi connectivity index (χ4v) is 11.2. The average molecular weight is 874 g/mol. The average Bonchev–Trinajstić information content (AvgIpc) is 3.86. The van der Waals surface area contributed by atoms with Gasteiger partial charge in [-0.05, 0) is 114 Å². The maximum absolute atomic E-state index is 7.56. The summed E-state index contributed by atoms with van der Waals surface area (Å²) in [6.07, 6.45) is 15.7. The summed E-state index contributed by atoms with van der Waals surface area (Å²) in [5.41, 5.74) is 14.1. The Hall–Kier alpha value is -6.00. The maximum atomic E-state index is 7.56. The van der Waals surface area contributed by atoms with Crippen molar-refractivity contribution in [1.82, 2.24) is 0 Å². The van der Waals surface area contributed by atoms with E-state index in [0.29, 0.717) is 0 Å². The molecule has 0 fully saturated rings. The van der Waals surface area contributed by atoms with E-state index in [1.54, 1.807) is 0 Å². The number of benzene rings is 5. The van der Waals surface area contributed by atoms with Gasteiger partial charge in [-0.15, -0.1) is 0 Å². The normalized spacial score (nSPS) is 18.7. The van der Waals surface area contributed by atoms with Crippen molar-refractivity contribution in [1.29, 1.82) is 0 Å². The number of pyridine rings is 1. The third-order valence-corrected chi connectivity index (χ3v) is 14.7. The molecule has 338 valence electrons. The molecule has 0 saturated heterocycles. The van der Waals surface area contributed by atoms with Crippen LogP contribution in [0.1, 0.15) is 130 Å². The number of hydrogen-bond donors (Lipinski definition) is 0. The van der Waals surface area contributed by atoms with Gasteiger partial charge in [0.05, 0.1) is 5.41 Å². The number of fused-ring (bicyclic) bond motifs is 6. The van der Waals surface area contributed by atoms with Crippen LogP contribution in [0, 0.1) is 5.41 Å². The van der Waals surface area contributed by atoms with E-state index in [2.05, 4.69) is 243 Å². The van der Waals surface area contributed by atoms with Crippen molar-refractivity contribution in [3.05, 3.63) is 196 Å². The van der Waals surface area contributed by atoms with Crippen molar-refractivity contribution in [2.75, 3.05) is 18.0 Å². The summed E-state index contributed by atoms with van der Waals surface area (Å²) < 4.78 is 12.4. The number of rotatable bonds is 10. The van der Waals surface area contributed by atoms with E-state index in [9.17, 15) is 0 Å². The minimum atomic E-state index is -0.179. The second-order valence-corrected chi connectivity index (χ2v) is 22.0. The Kier molecular flexibility index (Phi) is 11.6. The van der Waals surface area contributed by atoms with Crippen LogP contribution in [-0.4, -0.2) is 23.4 Å². The fourth-order valence-electron chi connectivity index (χ4n) is 11.2. The SMILES string of the molecule is CCN1/C(=C/C=C2\CCC(/C=C/C3=[N+](CC)c4ccc5ccccc5c4C3(C)C)=C2OC(c2cc[n+](Cc3ccc(C(C)(C)C)cc3)cc2)C(C)(C)C)C(C)(C)c2c1ccc1ccccc21. The maximum Gasteiger partial charge on any atom is 0.210 e. The van der Waals surface area contributed by atoms with Crippen LogP contribution in [0.2, 0.25) is 0 Å². The van der Waals surface area contributed by atoms with Gasteiger partial charge in [-0.2, -0.15) is 4.58 Å². The van der Waals surface area contributed by atoms with E-state index in [1.165, 1.54) is 83.3 Å². The molecule has 0 bridgehead atoms. The molecule has 0 amide bonds. The summed E-state index contributed by atoms with van der Waals surface area (Å²) in [6.45, 7) is 30.5. The zero-order valence-electron chi connectivity index (χ0n) is 41.7. The first-order valence-corrected chi connectivity index (χ1v) is 24.5. The van der Waals surface area contributed by atoms with Crippen molar-refractivity contribution < 1.29 is 13.9 Å². The number of hydrogen-bond acceptors (Lipinski definition) is 2. The summed E-state index contributed by atoms with van der Waals surface area (Å²) in [5.74, 6) is 1.02. The quantitative estimate of drug-likeness (QED) is 0.128. The largest absolute Gasteiger partial charge is 0.485 e. The van der Waals surface area contributed by atoms with Crippen LogP contribution in [0.25, 0.3) is 21.5 Å². The highest BCUT2D eigenvalue weighted by atomic mass is 16.5. The van der Waals surface area contributed by atoms with Gasteiger partial charge in [0, 0.05) is 69.7 Å². The molecule has 0 N–H and O–H groups in total. The second kappa shape index (κ2) is 17.0. The van der Waals surface area contributed by atoms with E-state index in [-0.39, 0.29) is 27.8 Å². The highest BCUT2D eigenvalue weighted by molar-refractivity contribution is 6.07. The van der Waals surface area contributed by atoms with Crippen LogP contribution in [-0.2, 0) is 27.5 Å². The standard InChI is InChI=1S/C62H71N3O/c1-13-64-51-33-27-43-19-15-17-21-49(43)55(51)61(9,10)53(64)35-29-45-25-26-46(30-36-54-62(11,12)56-50-22-18-16-20-44(50)28-34-52(56)65(54)14-2)57(45)66-58(60(6,7)8)47-37-39-63(40-38-47)41-42-23-31-48(32-24-42)59(3,4)5/h15-24,27-40,58H,13-14,25-26,41H2,1-12H3/q+2. The zero-order valence-corrected chi connectivity index (χ0v) is 41.7. The van der Waals surface area contributed by atoms with Crippen molar-refractivity contribution in [3.8, 4) is 0 Å². The van der Waals surface area contributed by atoms with Crippen LogP contribution in [0.3, 0.4) is 0 Å². The molecule has 1 unspecified atom stereocenters. The van der Waals surface area contributed by atoms with Gasteiger partial charge in [-0.25, -0.2) is 4.57 Å². The summed E-state index contributed by atoms with van der Waals surface area (Å²) in [5, 5.41) is 5.26. The molecule has 1 aromatic heterocycles. The number of nitrogens with zero attached hydrogens (tertiary/aromatic N) is 3. The molecule has 0 spiro atoms. The first kappa shape index (κ1) is 45.2.